The molecule has 0 saturated carbocycles. The van der Waals surface area contributed by atoms with Gasteiger partial charge in [0.2, 0.25) is 0 Å². The molecule has 7 atom stereocenters. The SMILES string of the molecule is Nc1ncnc2c1ncn2[C@H]1CC(O)[C@@H](COP(=O)([O-])OP(=O)([O-])OP(=O)([O-])OP(=O)([O-])Oc2ccc3nc4ccc(=O)c(C(=O)O)c-4oc3c2)O1. The molecule has 5 unspecified atom stereocenters. The Balaban J connectivity index is 1.07. The zero-order valence-electron chi connectivity index (χ0n) is 25.1. The number of aliphatic hydroxyl groups excluding tert-OH is 1. The summed E-state index contributed by atoms with van der Waals surface area (Å²) in [6, 6.07) is 4.87. The normalized spacial score (nSPS) is 22.4. The molecule has 278 valence electrons. The molecule has 0 bridgehead atoms. The molecular formula is C23H18N6O19P4-4. The number of rotatable bonds is 13. The van der Waals surface area contributed by atoms with Gasteiger partial charge in [-0.3, -0.25) is 27.6 Å². The molecule has 6 rings (SSSR count). The van der Waals surface area contributed by atoms with E-state index in [1.54, 1.807) is 0 Å². The van der Waals surface area contributed by atoms with Crippen molar-refractivity contribution in [1.29, 1.82) is 0 Å². The fourth-order valence-electron chi connectivity index (χ4n) is 4.76. The maximum absolute atomic E-state index is 12.3. The van der Waals surface area contributed by atoms with Gasteiger partial charge in [0.15, 0.2) is 33.8 Å². The van der Waals surface area contributed by atoms with Crippen molar-refractivity contribution in [1.82, 2.24) is 24.5 Å². The summed E-state index contributed by atoms with van der Waals surface area (Å²) in [6.45, 7) is -1.06. The van der Waals surface area contributed by atoms with Gasteiger partial charge in [0.05, 0.1) is 19.0 Å². The molecule has 1 aromatic carbocycles. The molecule has 3 aliphatic rings. The van der Waals surface area contributed by atoms with Gasteiger partial charge >= 0.3 is 13.8 Å². The van der Waals surface area contributed by atoms with E-state index < -0.39 is 84.8 Å². The molecule has 1 fully saturated rings. The Morgan fingerprint density at radius 1 is 0.981 bits per heavy atom. The summed E-state index contributed by atoms with van der Waals surface area (Å²) in [5.74, 6) is -2.85. The number of ether oxygens (including phenoxy) is 1. The number of fused-ring (bicyclic) bond motifs is 3. The van der Waals surface area contributed by atoms with Crippen molar-refractivity contribution in [2.24, 2.45) is 0 Å². The van der Waals surface area contributed by atoms with E-state index in [0.29, 0.717) is 0 Å². The minimum Gasteiger partial charge on any atom is -0.756 e. The molecule has 3 aromatic rings. The summed E-state index contributed by atoms with van der Waals surface area (Å²) < 4.78 is 80.9. The number of carbonyl (C=O) groups is 1. The van der Waals surface area contributed by atoms with Crippen LogP contribution in [0.1, 0.15) is 23.0 Å². The molecule has 0 amide bonds. The maximum Gasteiger partial charge on any atom is 0.343 e. The Morgan fingerprint density at radius 3 is 2.38 bits per heavy atom. The van der Waals surface area contributed by atoms with Crippen LogP contribution in [0.5, 0.6) is 5.75 Å². The number of phosphoric ester groups is 2. The zero-order chi connectivity index (χ0) is 37.8. The van der Waals surface area contributed by atoms with E-state index in [2.05, 4.69) is 41.9 Å². The van der Waals surface area contributed by atoms with Crippen molar-refractivity contribution < 1.29 is 84.0 Å². The Morgan fingerprint density at radius 2 is 1.67 bits per heavy atom. The van der Waals surface area contributed by atoms with E-state index in [4.69, 9.17) is 14.9 Å². The van der Waals surface area contributed by atoms with Crippen LogP contribution in [0, 0.1) is 0 Å². The van der Waals surface area contributed by atoms with E-state index in [0.717, 1.165) is 30.6 Å². The topological polar surface area (TPSA) is 386 Å². The molecule has 4 heterocycles. The molecule has 1 saturated heterocycles. The molecule has 2 aliphatic heterocycles. The van der Waals surface area contributed by atoms with Gasteiger partial charge in [-0.1, -0.05) is 0 Å². The quantitative estimate of drug-likeness (QED) is 0.0985. The third-order valence-electron chi connectivity index (χ3n) is 6.81. The van der Waals surface area contributed by atoms with Crippen molar-refractivity contribution in [3.63, 3.8) is 0 Å². The highest BCUT2D eigenvalue weighted by Crippen LogP contribution is 2.66. The number of nitrogens with zero attached hydrogens (tertiary/aromatic N) is 5. The summed E-state index contributed by atoms with van der Waals surface area (Å²) in [5, 5.41) is 19.7. The lowest BCUT2D eigenvalue weighted by Gasteiger charge is -2.36. The third-order valence-corrected chi connectivity index (χ3v) is 12.5. The van der Waals surface area contributed by atoms with E-state index in [9.17, 15) is 57.6 Å². The molecule has 2 aromatic heterocycles. The first-order valence-electron chi connectivity index (χ1n) is 13.8. The number of nitrogens with two attached hydrogens (primary N) is 1. The van der Waals surface area contributed by atoms with Gasteiger partial charge in [0.1, 0.15) is 41.1 Å². The molecule has 25 nitrogen and oxygen atoms in total. The number of aromatic carboxylic acids is 1. The number of hydrogen-bond donors (Lipinski definition) is 3. The Labute approximate surface area is 286 Å². The minimum absolute atomic E-state index is 0.00987. The number of carboxylic acids is 1. The van der Waals surface area contributed by atoms with Crippen LogP contribution in [-0.4, -0.2) is 59.5 Å². The minimum atomic E-state index is -6.57. The van der Waals surface area contributed by atoms with Gasteiger partial charge in [-0.15, -0.1) is 0 Å². The summed E-state index contributed by atoms with van der Waals surface area (Å²) >= 11 is 0. The highest BCUT2D eigenvalue weighted by atomic mass is 31.3. The third kappa shape index (κ3) is 8.28. The predicted molar refractivity (Wildman–Crippen MR) is 158 cm³/mol. The average Bonchev–Trinajstić information content (AvgIpc) is 3.60. The average molecular weight is 806 g/mol. The van der Waals surface area contributed by atoms with Crippen LogP contribution >= 0.6 is 31.3 Å². The van der Waals surface area contributed by atoms with Crippen LogP contribution in [-0.2, 0) is 40.5 Å². The molecule has 52 heavy (non-hydrogen) atoms. The van der Waals surface area contributed by atoms with Gasteiger partial charge in [0, 0.05) is 12.5 Å². The van der Waals surface area contributed by atoms with Crippen LogP contribution in [0.25, 0.3) is 33.7 Å². The Kier molecular flexibility index (Phi) is 9.98. The molecular weight excluding hydrogens is 788 g/mol. The number of carboxylic acid groups (broad SMARTS) is 1. The van der Waals surface area contributed by atoms with Gasteiger partial charge in [-0.25, -0.2) is 37.7 Å². The second kappa shape index (κ2) is 13.8. The van der Waals surface area contributed by atoms with E-state index in [-0.39, 0.29) is 40.2 Å². The van der Waals surface area contributed by atoms with Crippen molar-refractivity contribution in [2.45, 2.75) is 24.9 Å². The first-order chi connectivity index (χ1) is 24.2. The predicted octanol–water partition coefficient (Wildman–Crippen LogP) is -0.620. The van der Waals surface area contributed by atoms with Crippen LogP contribution in [0.3, 0.4) is 0 Å². The number of anilines is 1. The van der Waals surface area contributed by atoms with Gasteiger partial charge in [-0.05, 0) is 24.3 Å². The summed E-state index contributed by atoms with van der Waals surface area (Å²) in [7, 11) is -25.3. The first-order valence-corrected chi connectivity index (χ1v) is 19.7. The second-order valence-corrected chi connectivity index (χ2v) is 16.3. The second-order valence-electron chi connectivity index (χ2n) is 10.4. The summed E-state index contributed by atoms with van der Waals surface area (Å²) in [5.41, 5.74) is 4.00. The largest absolute Gasteiger partial charge is 0.756 e. The molecule has 4 N–H and O–H groups in total. The number of aliphatic hydroxyl groups is 1. The first kappa shape index (κ1) is 37.7. The van der Waals surface area contributed by atoms with Crippen LogP contribution < -0.4 is 35.3 Å². The molecule has 0 spiro atoms. The van der Waals surface area contributed by atoms with Crippen molar-refractivity contribution in [3.8, 4) is 17.2 Å². The molecule has 1 aliphatic carbocycles. The standard InChI is InChI=1S/C23H22N6O19P4/c24-21-19-22(26-8-25-21)29(9-27-19)17-6-14(31)16(43-17)7-42-49(34,35)46-51(38,39)48-52(40,41)47-50(36,37)45-10-1-2-11-15(5-10)44-20-12(28-11)3-4-13(30)18(20)23(32)33/h1-5,8-9,14,16-17,31H,6-7H2,(H,32,33)(H,34,35)(H,36,37)(H,38,39)(H,40,41)(H2,24,25,26)/p-4/t14?,16-,17-/m1/s1. The number of phosphoric acid groups is 4. The van der Waals surface area contributed by atoms with E-state index in [1.165, 1.54) is 17.0 Å². The highest BCUT2D eigenvalue weighted by Gasteiger charge is 2.38. The maximum atomic E-state index is 12.3. The number of hydrogen-bond acceptors (Lipinski definition) is 23. The van der Waals surface area contributed by atoms with Gasteiger partial charge in [-0.2, -0.15) is 0 Å². The monoisotopic (exact) mass is 806 g/mol. The fourth-order valence-corrected chi connectivity index (χ4v) is 9.50. The Hall–Kier alpha value is -4.02. The Bertz CT molecular complexity index is 2440. The van der Waals surface area contributed by atoms with E-state index >= 15 is 0 Å². The number of nitrogen functional groups attached to an aromatic ring is 1. The number of imidazole rings is 1. The molecule has 29 heteroatoms. The van der Waals surface area contributed by atoms with Crippen LogP contribution in [0.15, 0.2) is 52.2 Å². The summed E-state index contributed by atoms with van der Waals surface area (Å²) in [6.07, 6.45) is -1.54. The zero-order valence-corrected chi connectivity index (χ0v) is 28.7. The highest BCUT2D eigenvalue weighted by molar-refractivity contribution is 7.68. The fraction of sp³-hybridized carbons (Fsp3) is 0.217. The van der Waals surface area contributed by atoms with Crippen molar-refractivity contribution in [3.05, 3.63) is 58.8 Å². The van der Waals surface area contributed by atoms with Crippen molar-refractivity contribution in [2.75, 3.05) is 12.3 Å². The molecule has 0 radical (unpaired) electrons. The summed E-state index contributed by atoms with van der Waals surface area (Å²) in [4.78, 5) is 88.3. The lowest BCUT2D eigenvalue weighted by molar-refractivity contribution is -0.253. The van der Waals surface area contributed by atoms with Gasteiger partial charge < -0.3 is 53.7 Å². The lowest BCUT2D eigenvalue weighted by atomic mass is 10.1. The number of aromatic nitrogens is 5. The van der Waals surface area contributed by atoms with Crippen LogP contribution in [0.2, 0.25) is 0 Å². The number of benzene rings is 2. The smallest absolute Gasteiger partial charge is 0.343 e. The lowest BCUT2D eigenvalue weighted by Crippen LogP contribution is -2.27. The van der Waals surface area contributed by atoms with Crippen molar-refractivity contribution >= 4 is 65.3 Å². The van der Waals surface area contributed by atoms with E-state index in [1.807, 2.05) is 0 Å². The van der Waals surface area contributed by atoms with Gasteiger partial charge in [0.25, 0.3) is 23.5 Å². The van der Waals surface area contributed by atoms with Crippen LogP contribution in [0.4, 0.5) is 5.82 Å².